The number of aromatic amines is 1. The normalized spacial score (nSPS) is 10.8. The van der Waals surface area contributed by atoms with Gasteiger partial charge in [-0.05, 0) is 6.92 Å². The van der Waals surface area contributed by atoms with Crippen LogP contribution < -0.4 is 5.56 Å². The monoisotopic (exact) mass is 167 g/mol. The van der Waals surface area contributed by atoms with Crippen molar-refractivity contribution in [3.05, 3.63) is 34.1 Å². The average Bonchev–Trinajstić information content (AvgIpc) is 2.31. The Labute approximate surface area is 66.6 Å². The van der Waals surface area contributed by atoms with E-state index in [2.05, 4.69) is 10.1 Å². The van der Waals surface area contributed by atoms with Crippen LogP contribution in [0.2, 0.25) is 0 Å². The fourth-order valence-corrected chi connectivity index (χ4v) is 1.04. The summed E-state index contributed by atoms with van der Waals surface area (Å²) in [7, 11) is 0. The molecule has 1 N–H and O–H groups in total. The molecule has 0 amide bonds. The number of fused-ring (bicyclic) bond motifs is 1. The van der Waals surface area contributed by atoms with Gasteiger partial charge in [-0.25, -0.2) is 8.91 Å². The molecule has 2 aromatic heterocycles. The summed E-state index contributed by atoms with van der Waals surface area (Å²) in [5.41, 5.74) is 0.0538. The predicted octanol–water partition coefficient (Wildman–Crippen LogP) is 0.470. The Kier molecular flexibility index (Phi) is 1.27. The lowest BCUT2D eigenvalue weighted by molar-refractivity contribution is 0.626. The minimum atomic E-state index is -0.479. The molecule has 0 fully saturated rings. The highest BCUT2D eigenvalue weighted by molar-refractivity contribution is 5.40. The smallest absolute Gasteiger partial charge is 0.251 e. The number of nitrogens with one attached hydrogen (secondary N) is 1. The van der Waals surface area contributed by atoms with Crippen LogP contribution in [-0.2, 0) is 0 Å². The fraction of sp³-hybridized carbons (Fsp3) is 0.143. The molecule has 0 aliphatic carbocycles. The molecular weight excluding hydrogens is 161 g/mol. The van der Waals surface area contributed by atoms with Crippen LogP contribution >= 0.6 is 0 Å². The zero-order valence-electron chi connectivity index (χ0n) is 6.34. The van der Waals surface area contributed by atoms with Crippen LogP contribution in [0.1, 0.15) is 5.69 Å². The first-order valence-corrected chi connectivity index (χ1v) is 3.42. The molecule has 12 heavy (non-hydrogen) atoms. The van der Waals surface area contributed by atoms with Crippen LogP contribution in [0.25, 0.3) is 5.65 Å². The van der Waals surface area contributed by atoms with E-state index >= 15 is 0 Å². The average molecular weight is 167 g/mol. The second kappa shape index (κ2) is 2.17. The number of halogens is 1. The second-order valence-corrected chi connectivity index (χ2v) is 2.50. The molecule has 0 unspecified atom stereocenters. The van der Waals surface area contributed by atoms with Crippen molar-refractivity contribution >= 4 is 5.65 Å². The van der Waals surface area contributed by atoms with Gasteiger partial charge in [0.25, 0.3) is 5.56 Å². The van der Waals surface area contributed by atoms with Gasteiger partial charge in [0.15, 0.2) is 11.5 Å². The summed E-state index contributed by atoms with van der Waals surface area (Å²) in [6.07, 6.45) is 1.42. The third-order valence-electron chi connectivity index (χ3n) is 1.62. The number of rotatable bonds is 0. The van der Waals surface area contributed by atoms with Crippen molar-refractivity contribution in [3.63, 3.8) is 0 Å². The summed E-state index contributed by atoms with van der Waals surface area (Å²) in [6, 6.07) is 1.29. The Bertz CT molecular complexity index is 485. The highest BCUT2D eigenvalue weighted by Crippen LogP contribution is 2.07. The van der Waals surface area contributed by atoms with E-state index in [-0.39, 0.29) is 16.9 Å². The zero-order chi connectivity index (χ0) is 8.72. The molecule has 0 aromatic carbocycles. The summed E-state index contributed by atoms with van der Waals surface area (Å²) in [5, 5.41) is 3.83. The van der Waals surface area contributed by atoms with Crippen molar-refractivity contribution in [1.29, 1.82) is 0 Å². The third kappa shape index (κ3) is 0.827. The summed E-state index contributed by atoms with van der Waals surface area (Å²) in [5.74, 6) is -0.479. The minimum absolute atomic E-state index is 0.111. The maximum atomic E-state index is 13.1. The number of aryl methyl sites for hydroxylation is 1. The van der Waals surface area contributed by atoms with E-state index in [1.807, 2.05) is 0 Å². The first kappa shape index (κ1) is 7.02. The van der Waals surface area contributed by atoms with Crippen molar-refractivity contribution in [2.45, 2.75) is 6.92 Å². The number of hydrogen-bond acceptors (Lipinski definition) is 2. The van der Waals surface area contributed by atoms with Gasteiger partial charge in [0.2, 0.25) is 0 Å². The van der Waals surface area contributed by atoms with E-state index in [9.17, 15) is 9.18 Å². The Hall–Kier alpha value is -1.65. The highest BCUT2D eigenvalue weighted by Gasteiger charge is 2.07. The van der Waals surface area contributed by atoms with Crippen molar-refractivity contribution in [2.24, 2.45) is 0 Å². The van der Waals surface area contributed by atoms with Crippen LogP contribution in [0.5, 0.6) is 0 Å². The Morgan fingerprint density at radius 3 is 3.17 bits per heavy atom. The van der Waals surface area contributed by atoms with Gasteiger partial charge in [-0.2, -0.15) is 5.10 Å². The third-order valence-corrected chi connectivity index (χ3v) is 1.62. The van der Waals surface area contributed by atoms with Crippen LogP contribution in [0.3, 0.4) is 0 Å². The number of H-pyrrole nitrogens is 1. The van der Waals surface area contributed by atoms with Crippen LogP contribution in [0.15, 0.2) is 17.1 Å². The van der Waals surface area contributed by atoms with E-state index in [0.29, 0.717) is 0 Å². The summed E-state index contributed by atoms with van der Waals surface area (Å²) in [6.45, 7) is 1.54. The van der Waals surface area contributed by atoms with Crippen LogP contribution in [0, 0.1) is 12.7 Å². The molecular formula is C7H6FN3O. The number of aromatic nitrogens is 3. The van der Waals surface area contributed by atoms with Crippen molar-refractivity contribution in [2.75, 3.05) is 0 Å². The molecule has 0 saturated heterocycles. The number of hydrogen-bond donors (Lipinski definition) is 1. The molecule has 0 bridgehead atoms. The first-order valence-electron chi connectivity index (χ1n) is 3.42. The fourth-order valence-electron chi connectivity index (χ4n) is 1.04. The molecule has 2 aromatic rings. The van der Waals surface area contributed by atoms with Crippen molar-refractivity contribution in [1.82, 2.24) is 14.6 Å². The summed E-state index contributed by atoms with van der Waals surface area (Å²) < 4.78 is 14.4. The van der Waals surface area contributed by atoms with Gasteiger partial charge < -0.3 is 4.98 Å². The lowest BCUT2D eigenvalue weighted by Crippen LogP contribution is -2.06. The minimum Gasteiger partial charge on any atom is -0.304 e. The molecule has 5 heteroatoms. The molecule has 0 aliphatic rings. The molecule has 0 saturated carbocycles. The van der Waals surface area contributed by atoms with Crippen molar-refractivity contribution < 1.29 is 4.39 Å². The topological polar surface area (TPSA) is 50.2 Å². The summed E-state index contributed by atoms with van der Waals surface area (Å²) in [4.78, 5) is 13.1. The van der Waals surface area contributed by atoms with Gasteiger partial charge in [0.05, 0.1) is 5.69 Å². The molecule has 4 nitrogen and oxygen atoms in total. The molecule has 0 radical (unpaired) electrons. The van der Waals surface area contributed by atoms with E-state index in [0.717, 1.165) is 0 Å². The SMILES string of the molecule is Cc1nn2ccc(=O)[nH]c2c1F. The van der Waals surface area contributed by atoms with Gasteiger partial charge in [0.1, 0.15) is 0 Å². The van der Waals surface area contributed by atoms with Crippen molar-refractivity contribution in [3.8, 4) is 0 Å². The molecule has 0 atom stereocenters. The maximum Gasteiger partial charge on any atom is 0.251 e. The van der Waals surface area contributed by atoms with Gasteiger partial charge in [-0.3, -0.25) is 4.79 Å². The lowest BCUT2D eigenvalue weighted by atomic mass is 10.4. The van der Waals surface area contributed by atoms with Crippen LogP contribution in [-0.4, -0.2) is 14.6 Å². The van der Waals surface area contributed by atoms with E-state index in [4.69, 9.17) is 0 Å². The van der Waals surface area contributed by atoms with Gasteiger partial charge in [-0.15, -0.1) is 0 Å². The first-order chi connectivity index (χ1) is 5.68. The molecule has 2 rings (SSSR count). The highest BCUT2D eigenvalue weighted by atomic mass is 19.1. The Morgan fingerprint density at radius 1 is 1.67 bits per heavy atom. The molecule has 62 valence electrons. The molecule has 0 aliphatic heterocycles. The quantitative estimate of drug-likeness (QED) is 0.620. The van der Waals surface area contributed by atoms with Gasteiger partial charge in [0, 0.05) is 12.3 Å². The molecule has 2 heterocycles. The van der Waals surface area contributed by atoms with Gasteiger partial charge >= 0.3 is 0 Å². The van der Waals surface area contributed by atoms with Gasteiger partial charge in [-0.1, -0.05) is 0 Å². The van der Waals surface area contributed by atoms with E-state index in [1.165, 1.54) is 16.8 Å². The second-order valence-electron chi connectivity index (χ2n) is 2.50. The maximum absolute atomic E-state index is 13.1. The zero-order valence-corrected chi connectivity index (χ0v) is 6.34. The molecule has 0 spiro atoms. The Balaban J connectivity index is 2.98. The lowest BCUT2D eigenvalue weighted by Gasteiger charge is -1.88. The van der Waals surface area contributed by atoms with Crippen LogP contribution in [0.4, 0.5) is 4.39 Å². The van der Waals surface area contributed by atoms with E-state index < -0.39 is 5.82 Å². The largest absolute Gasteiger partial charge is 0.304 e. The number of nitrogens with zero attached hydrogens (tertiary/aromatic N) is 2. The predicted molar refractivity (Wildman–Crippen MR) is 40.5 cm³/mol. The standard InChI is InChI=1S/C7H6FN3O/c1-4-6(8)7-9-5(12)2-3-11(7)10-4/h2-3H,1H3,(H,9,12). The van der Waals surface area contributed by atoms with E-state index in [1.54, 1.807) is 6.92 Å². The Morgan fingerprint density at radius 2 is 2.42 bits per heavy atom. The summed E-state index contributed by atoms with van der Waals surface area (Å²) >= 11 is 0.